The Balaban J connectivity index is 1.50. The number of aryl methyl sites for hydroxylation is 2. The highest BCUT2D eigenvalue weighted by Crippen LogP contribution is 2.31. The largest absolute Gasteiger partial charge is 0.492 e. The molecule has 0 amide bonds. The zero-order valence-electron chi connectivity index (χ0n) is 16.2. The fourth-order valence-electron chi connectivity index (χ4n) is 3.98. The average molecular weight is 371 g/mol. The van der Waals surface area contributed by atoms with Crippen LogP contribution in [0.4, 0.5) is 10.3 Å². The van der Waals surface area contributed by atoms with E-state index < -0.39 is 0 Å². The van der Waals surface area contributed by atoms with Gasteiger partial charge in [0.05, 0.1) is 24.0 Å². The number of anilines is 1. The predicted molar refractivity (Wildman–Crippen MR) is 102 cm³/mol. The minimum Gasteiger partial charge on any atom is -0.492 e. The molecule has 1 fully saturated rings. The van der Waals surface area contributed by atoms with Crippen LogP contribution in [-0.4, -0.2) is 52.1 Å². The van der Waals surface area contributed by atoms with Gasteiger partial charge in [-0.3, -0.25) is 4.90 Å². The minimum absolute atomic E-state index is 0.0895. The topological polar surface area (TPSA) is 54.4 Å². The number of rotatable bonds is 3. The molecule has 0 aromatic carbocycles. The first kappa shape index (κ1) is 18.1. The molecule has 0 N–H and O–H groups in total. The van der Waals surface area contributed by atoms with Gasteiger partial charge in [-0.2, -0.15) is 0 Å². The fourth-order valence-corrected chi connectivity index (χ4v) is 3.98. The highest BCUT2D eigenvalue weighted by molar-refractivity contribution is 5.34. The monoisotopic (exact) mass is 371 g/mol. The molecule has 1 unspecified atom stereocenters. The first-order chi connectivity index (χ1) is 13.0. The van der Waals surface area contributed by atoms with Crippen molar-refractivity contribution in [2.75, 3.05) is 31.1 Å². The lowest BCUT2D eigenvalue weighted by atomic mass is 10.1. The quantitative estimate of drug-likeness (QED) is 0.827. The summed E-state index contributed by atoms with van der Waals surface area (Å²) in [7, 11) is 0. The molecule has 144 valence electrons. The van der Waals surface area contributed by atoms with Crippen molar-refractivity contribution in [2.24, 2.45) is 0 Å². The Kier molecular flexibility index (Phi) is 4.95. The number of halogens is 1. The van der Waals surface area contributed by atoms with Crippen molar-refractivity contribution < 1.29 is 9.13 Å². The molecule has 0 aliphatic carbocycles. The molecule has 0 radical (unpaired) electrons. The lowest BCUT2D eigenvalue weighted by Gasteiger charge is -2.42. The molecule has 0 spiro atoms. The van der Waals surface area contributed by atoms with Gasteiger partial charge in [0.15, 0.2) is 0 Å². The van der Waals surface area contributed by atoms with Crippen molar-refractivity contribution in [3.8, 4) is 5.75 Å². The van der Waals surface area contributed by atoms with Crippen molar-refractivity contribution in [1.29, 1.82) is 0 Å². The molecule has 2 aromatic heterocycles. The fraction of sp³-hybridized carbons (Fsp3) is 0.550. The smallest absolute Gasteiger partial charge is 0.225 e. The van der Waals surface area contributed by atoms with E-state index in [-0.39, 0.29) is 17.9 Å². The Morgan fingerprint density at radius 3 is 2.78 bits per heavy atom. The van der Waals surface area contributed by atoms with Crippen LogP contribution in [0.2, 0.25) is 0 Å². The zero-order valence-corrected chi connectivity index (χ0v) is 16.2. The van der Waals surface area contributed by atoms with E-state index in [2.05, 4.69) is 31.7 Å². The number of hydrogen-bond donors (Lipinski definition) is 0. The van der Waals surface area contributed by atoms with Crippen molar-refractivity contribution in [3.05, 3.63) is 41.2 Å². The molecule has 4 rings (SSSR count). The third-order valence-electron chi connectivity index (χ3n) is 5.48. The Hall–Kier alpha value is -2.28. The Labute approximate surface area is 159 Å². The van der Waals surface area contributed by atoms with E-state index in [0.717, 1.165) is 49.7 Å². The summed E-state index contributed by atoms with van der Waals surface area (Å²) in [6.07, 6.45) is 5.47. The van der Waals surface area contributed by atoms with Crippen molar-refractivity contribution >= 4 is 5.95 Å². The van der Waals surface area contributed by atoms with E-state index in [4.69, 9.17) is 4.74 Å². The van der Waals surface area contributed by atoms with Crippen LogP contribution >= 0.6 is 0 Å². The first-order valence-corrected chi connectivity index (χ1v) is 9.64. The SMILES string of the molecule is Cc1cnc(N2CCN([C@@H](C)c3nc4c(cc3F)OCCC4)C(C)C2)nc1. The number of aromatic nitrogens is 3. The van der Waals surface area contributed by atoms with E-state index >= 15 is 0 Å². The summed E-state index contributed by atoms with van der Waals surface area (Å²) in [6, 6.07) is 1.66. The maximum absolute atomic E-state index is 14.7. The van der Waals surface area contributed by atoms with E-state index in [0.29, 0.717) is 18.1 Å². The lowest BCUT2D eigenvalue weighted by molar-refractivity contribution is 0.132. The molecule has 27 heavy (non-hydrogen) atoms. The van der Waals surface area contributed by atoms with Crippen LogP contribution in [0.25, 0.3) is 0 Å². The second kappa shape index (κ2) is 7.38. The highest BCUT2D eigenvalue weighted by atomic mass is 19.1. The molecule has 7 heteroatoms. The van der Waals surface area contributed by atoms with E-state index in [9.17, 15) is 4.39 Å². The van der Waals surface area contributed by atoms with Gasteiger partial charge in [0.25, 0.3) is 0 Å². The Bertz CT molecular complexity index is 813. The lowest BCUT2D eigenvalue weighted by Crippen LogP contribution is -2.53. The standard InChI is InChI=1S/C20H26FN5O/c1-13-10-22-20(23-11-13)25-6-7-26(14(2)12-25)15(3)19-16(21)9-18-17(24-19)5-4-8-27-18/h9-11,14-15H,4-8,12H2,1-3H3/t14?,15-/m0/s1. The molecule has 0 saturated carbocycles. The molecule has 2 aliphatic heterocycles. The van der Waals surface area contributed by atoms with Gasteiger partial charge in [-0.25, -0.2) is 19.3 Å². The Morgan fingerprint density at radius 1 is 1.26 bits per heavy atom. The van der Waals surface area contributed by atoms with Crippen molar-refractivity contribution in [1.82, 2.24) is 19.9 Å². The minimum atomic E-state index is -0.278. The summed E-state index contributed by atoms with van der Waals surface area (Å²) >= 11 is 0. The van der Waals surface area contributed by atoms with Crippen LogP contribution in [0, 0.1) is 12.7 Å². The molecule has 1 saturated heterocycles. The predicted octanol–water partition coefficient (Wildman–Crippen LogP) is 2.92. The van der Waals surface area contributed by atoms with E-state index in [1.807, 2.05) is 26.2 Å². The Morgan fingerprint density at radius 2 is 2.04 bits per heavy atom. The average Bonchev–Trinajstić information content (AvgIpc) is 2.67. The number of ether oxygens (including phenoxy) is 1. The van der Waals surface area contributed by atoms with Gasteiger partial charge in [0.1, 0.15) is 11.6 Å². The number of nitrogens with zero attached hydrogens (tertiary/aromatic N) is 5. The molecule has 4 heterocycles. The number of piperazine rings is 1. The van der Waals surface area contributed by atoms with Crippen LogP contribution in [0.5, 0.6) is 5.75 Å². The highest BCUT2D eigenvalue weighted by Gasteiger charge is 2.31. The van der Waals surface area contributed by atoms with E-state index in [1.165, 1.54) is 6.07 Å². The first-order valence-electron chi connectivity index (χ1n) is 9.64. The second-order valence-electron chi connectivity index (χ2n) is 7.52. The van der Waals surface area contributed by atoms with Gasteiger partial charge >= 0.3 is 0 Å². The van der Waals surface area contributed by atoms with Crippen LogP contribution < -0.4 is 9.64 Å². The summed E-state index contributed by atoms with van der Waals surface area (Å²) in [5.74, 6) is 1.08. The van der Waals surface area contributed by atoms with Crippen LogP contribution in [0.1, 0.15) is 43.3 Å². The third kappa shape index (κ3) is 3.60. The van der Waals surface area contributed by atoms with Gasteiger partial charge in [-0.05, 0) is 39.2 Å². The van der Waals surface area contributed by atoms with Gasteiger partial charge in [0.2, 0.25) is 5.95 Å². The summed E-state index contributed by atoms with van der Waals surface area (Å²) in [5, 5.41) is 0. The molecule has 0 bridgehead atoms. The third-order valence-corrected chi connectivity index (χ3v) is 5.48. The molecule has 6 nitrogen and oxygen atoms in total. The summed E-state index contributed by atoms with van der Waals surface area (Å²) in [6.45, 7) is 9.26. The summed E-state index contributed by atoms with van der Waals surface area (Å²) < 4.78 is 20.2. The maximum atomic E-state index is 14.7. The van der Waals surface area contributed by atoms with Gasteiger partial charge in [-0.15, -0.1) is 0 Å². The van der Waals surface area contributed by atoms with E-state index in [1.54, 1.807) is 0 Å². The molecular weight excluding hydrogens is 345 g/mol. The normalized spacial score (nSPS) is 21.5. The summed E-state index contributed by atoms with van der Waals surface area (Å²) in [4.78, 5) is 18.0. The van der Waals surface area contributed by atoms with Crippen molar-refractivity contribution in [2.45, 2.75) is 45.7 Å². The number of pyridine rings is 1. The zero-order chi connectivity index (χ0) is 19.0. The van der Waals surface area contributed by atoms with Crippen molar-refractivity contribution in [3.63, 3.8) is 0 Å². The molecular formula is C20H26FN5O. The van der Waals surface area contributed by atoms with Gasteiger partial charge in [0, 0.05) is 44.1 Å². The van der Waals surface area contributed by atoms with Crippen LogP contribution in [0.15, 0.2) is 18.5 Å². The molecule has 2 aromatic rings. The maximum Gasteiger partial charge on any atom is 0.225 e. The summed E-state index contributed by atoms with van der Waals surface area (Å²) in [5.41, 5.74) is 2.45. The van der Waals surface area contributed by atoms with Gasteiger partial charge < -0.3 is 9.64 Å². The molecule has 2 atom stereocenters. The van der Waals surface area contributed by atoms with Crippen LogP contribution in [0.3, 0.4) is 0 Å². The van der Waals surface area contributed by atoms with Crippen LogP contribution in [-0.2, 0) is 6.42 Å². The molecule has 2 aliphatic rings. The van der Waals surface area contributed by atoms with Gasteiger partial charge in [-0.1, -0.05) is 0 Å². The number of hydrogen-bond acceptors (Lipinski definition) is 6. The second-order valence-corrected chi connectivity index (χ2v) is 7.52. The number of fused-ring (bicyclic) bond motifs is 1.